The second-order valence-electron chi connectivity index (χ2n) is 9.66. The molecule has 212 valence electrons. The number of benzene rings is 3. The Bertz CT molecular complexity index is 1380. The Hall–Kier alpha value is -4.28. The van der Waals surface area contributed by atoms with E-state index in [1.54, 1.807) is 42.5 Å². The molecule has 0 atom stereocenters. The normalized spacial score (nSPS) is 10.9. The standard InChI is InChI=1S/C29H34ClN5O5/c1-17(2)40-25-12-18(15-35(3)4)11-20(27(25)39-16-26(36)37)14-33-24-10-7-21(30)13-23(24)29(38)34-22-8-5-19(6-9-22)28(31)32/h5-13,17,33H,14-16H2,1-4H3,(H3,31,32)(H,34,38)(H,36,37). The van der Waals surface area contributed by atoms with Crippen LogP contribution in [0.5, 0.6) is 11.5 Å². The molecule has 3 rings (SSSR count). The van der Waals surface area contributed by atoms with Gasteiger partial charge in [0.1, 0.15) is 5.84 Å². The highest BCUT2D eigenvalue weighted by atomic mass is 35.5. The molecule has 11 heteroatoms. The Morgan fingerprint density at radius 2 is 1.80 bits per heavy atom. The van der Waals surface area contributed by atoms with Gasteiger partial charge in [-0.05, 0) is 88.1 Å². The summed E-state index contributed by atoms with van der Waals surface area (Å²) in [6.45, 7) is 4.05. The first-order chi connectivity index (χ1) is 18.9. The number of carboxylic acids is 1. The van der Waals surface area contributed by atoms with Crippen LogP contribution < -0.4 is 25.8 Å². The molecule has 0 saturated carbocycles. The molecule has 40 heavy (non-hydrogen) atoms. The van der Waals surface area contributed by atoms with E-state index in [9.17, 15) is 14.7 Å². The Morgan fingerprint density at radius 3 is 2.40 bits per heavy atom. The fraction of sp³-hybridized carbons (Fsp3) is 0.276. The molecule has 0 bridgehead atoms. The van der Waals surface area contributed by atoms with Crippen molar-refractivity contribution in [2.75, 3.05) is 31.3 Å². The van der Waals surface area contributed by atoms with E-state index in [2.05, 4.69) is 10.6 Å². The van der Waals surface area contributed by atoms with Gasteiger partial charge in [-0.2, -0.15) is 0 Å². The number of nitrogens with one attached hydrogen (secondary N) is 3. The summed E-state index contributed by atoms with van der Waals surface area (Å²) in [4.78, 5) is 26.5. The zero-order chi connectivity index (χ0) is 29.4. The summed E-state index contributed by atoms with van der Waals surface area (Å²) in [5.74, 6) is -0.817. The highest BCUT2D eigenvalue weighted by Crippen LogP contribution is 2.35. The number of rotatable bonds is 13. The number of amides is 1. The van der Waals surface area contributed by atoms with Gasteiger partial charge >= 0.3 is 5.97 Å². The van der Waals surface area contributed by atoms with Crippen molar-refractivity contribution in [2.45, 2.75) is 33.0 Å². The molecule has 0 heterocycles. The fourth-order valence-corrected chi connectivity index (χ4v) is 4.10. The van der Waals surface area contributed by atoms with E-state index in [1.165, 1.54) is 0 Å². The van der Waals surface area contributed by atoms with Gasteiger partial charge in [-0.15, -0.1) is 0 Å². The predicted molar refractivity (Wildman–Crippen MR) is 157 cm³/mol. The monoisotopic (exact) mass is 567 g/mol. The van der Waals surface area contributed by atoms with Crippen molar-refractivity contribution in [2.24, 2.45) is 5.73 Å². The molecule has 0 spiro atoms. The van der Waals surface area contributed by atoms with Crippen LogP contribution in [0.3, 0.4) is 0 Å². The van der Waals surface area contributed by atoms with E-state index in [0.29, 0.717) is 51.1 Å². The van der Waals surface area contributed by atoms with E-state index in [0.717, 1.165) is 5.56 Å². The van der Waals surface area contributed by atoms with E-state index in [4.69, 9.17) is 32.2 Å². The van der Waals surface area contributed by atoms with E-state index >= 15 is 0 Å². The summed E-state index contributed by atoms with van der Waals surface area (Å²) < 4.78 is 11.7. The number of amidine groups is 1. The van der Waals surface area contributed by atoms with Crippen LogP contribution in [0.2, 0.25) is 5.02 Å². The van der Waals surface area contributed by atoms with E-state index in [-0.39, 0.29) is 18.5 Å². The fourth-order valence-electron chi connectivity index (χ4n) is 3.93. The lowest BCUT2D eigenvalue weighted by Gasteiger charge is -2.21. The number of hydrogen-bond donors (Lipinski definition) is 5. The molecule has 0 aliphatic heterocycles. The van der Waals surface area contributed by atoms with Crippen LogP contribution >= 0.6 is 11.6 Å². The van der Waals surface area contributed by atoms with E-state index < -0.39 is 18.5 Å². The lowest BCUT2D eigenvalue weighted by atomic mass is 10.1. The van der Waals surface area contributed by atoms with Crippen LogP contribution in [-0.2, 0) is 17.9 Å². The number of carboxylic acid groups (broad SMARTS) is 1. The summed E-state index contributed by atoms with van der Waals surface area (Å²) in [6.07, 6.45) is -0.168. The highest BCUT2D eigenvalue weighted by molar-refractivity contribution is 6.31. The number of nitrogens with zero attached hydrogens (tertiary/aromatic N) is 1. The van der Waals surface area contributed by atoms with Gasteiger partial charge in [0.25, 0.3) is 5.91 Å². The molecular weight excluding hydrogens is 534 g/mol. The molecule has 0 fully saturated rings. The zero-order valence-corrected chi connectivity index (χ0v) is 23.6. The molecule has 0 aromatic heterocycles. The number of carbonyl (C=O) groups is 2. The maximum atomic E-state index is 13.2. The SMILES string of the molecule is CC(C)Oc1cc(CN(C)C)cc(CNc2ccc(Cl)cc2C(=O)Nc2ccc(C(=N)N)cc2)c1OCC(=O)O. The van der Waals surface area contributed by atoms with Crippen LogP contribution in [0.15, 0.2) is 54.6 Å². The summed E-state index contributed by atoms with van der Waals surface area (Å²) in [5, 5.41) is 23.3. The first kappa shape index (κ1) is 30.3. The van der Waals surface area contributed by atoms with Crippen molar-refractivity contribution in [3.63, 3.8) is 0 Å². The van der Waals surface area contributed by atoms with Gasteiger partial charge in [-0.1, -0.05) is 11.6 Å². The Labute approximate surface area is 238 Å². The molecule has 0 radical (unpaired) electrons. The summed E-state index contributed by atoms with van der Waals surface area (Å²) in [6, 6.07) is 15.3. The molecule has 6 N–H and O–H groups in total. The third kappa shape index (κ3) is 8.62. The van der Waals surface area contributed by atoms with Crippen LogP contribution in [0.1, 0.15) is 40.9 Å². The third-order valence-corrected chi connectivity index (χ3v) is 5.78. The zero-order valence-electron chi connectivity index (χ0n) is 22.9. The minimum Gasteiger partial charge on any atom is -0.487 e. The smallest absolute Gasteiger partial charge is 0.341 e. The molecule has 3 aromatic rings. The minimum atomic E-state index is -1.11. The number of carbonyl (C=O) groups excluding carboxylic acids is 1. The number of hydrogen-bond acceptors (Lipinski definition) is 7. The number of aliphatic carboxylic acids is 1. The van der Waals surface area contributed by atoms with Crippen LogP contribution in [0, 0.1) is 5.41 Å². The van der Waals surface area contributed by atoms with Gasteiger partial charge in [-0.25, -0.2) is 4.79 Å². The summed E-state index contributed by atoms with van der Waals surface area (Å²) in [7, 11) is 3.89. The molecule has 0 unspecified atom stereocenters. The average Bonchev–Trinajstić information content (AvgIpc) is 2.86. The van der Waals surface area contributed by atoms with E-state index in [1.807, 2.05) is 45.0 Å². The topological polar surface area (TPSA) is 150 Å². The molecule has 0 aliphatic carbocycles. The largest absolute Gasteiger partial charge is 0.487 e. The van der Waals surface area contributed by atoms with Crippen molar-refractivity contribution in [3.05, 3.63) is 81.9 Å². The molecule has 10 nitrogen and oxygen atoms in total. The number of halogens is 1. The third-order valence-electron chi connectivity index (χ3n) is 5.54. The van der Waals surface area contributed by atoms with Crippen LogP contribution in [0.25, 0.3) is 0 Å². The quantitative estimate of drug-likeness (QED) is 0.146. The summed E-state index contributed by atoms with van der Waals surface area (Å²) >= 11 is 6.23. The molecular formula is C29H34ClN5O5. The van der Waals surface area contributed by atoms with Crippen molar-refractivity contribution in [1.29, 1.82) is 5.41 Å². The first-order valence-corrected chi connectivity index (χ1v) is 12.9. The van der Waals surface area contributed by atoms with Crippen LogP contribution in [-0.4, -0.2) is 54.5 Å². The lowest BCUT2D eigenvalue weighted by molar-refractivity contribution is -0.139. The van der Waals surface area contributed by atoms with Crippen molar-refractivity contribution >= 4 is 40.7 Å². The number of nitrogens with two attached hydrogens (primary N) is 1. The highest BCUT2D eigenvalue weighted by Gasteiger charge is 2.19. The van der Waals surface area contributed by atoms with Crippen LogP contribution in [0.4, 0.5) is 11.4 Å². The maximum Gasteiger partial charge on any atom is 0.341 e. The van der Waals surface area contributed by atoms with Gasteiger partial charge in [0.2, 0.25) is 0 Å². The Kier molecular flexibility index (Phi) is 10.4. The van der Waals surface area contributed by atoms with Gasteiger partial charge in [0.05, 0.1) is 11.7 Å². The van der Waals surface area contributed by atoms with Crippen molar-refractivity contribution in [3.8, 4) is 11.5 Å². The average molecular weight is 568 g/mol. The summed E-state index contributed by atoms with van der Waals surface area (Å²) in [5.41, 5.74) is 9.00. The molecule has 3 aromatic carbocycles. The van der Waals surface area contributed by atoms with Gasteiger partial charge in [0, 0.05) is 40.6 Å². The molecule has 0 saturated heterocycles. The maximum absolute atomic E-state index is 13.2. The Morgan fingerprint density at radius 1 is 1.10 bits per heavy atom. The van der Waals surface area contributed by atoms with Gasteiger partial charge < -0.3 is 35.8 Å². The first-order valence-electron chi connectivity index (χ1n) is 12.5. The predicted octanol–water partition coefficient (Wildman–Crippen LogP) is 4.80. The minimum absolute atomic E-state index is 0.0671. The number of nitrogen functional groups attached to an aromatic ring is 1. The van der Waals surface area contributed by atoms with Gasteiger partial charge in [-0.3, -0.25) is 10.2 Å². The second kappa shape index (κ2) is 13.7. The number of anilines is 2. The van der Waals surface area contributed by atoms with Crippen molar-refractivity contribution < 1.29 is 24.2 Å². The van der Waals surface area contributed by atoms with Crippen molar-refractivity contribution in [1.82, 2.24) is 4.90 Å². The Balaban J connectivity index is 1.93. The second-order valence-corrected chi connectivity index (χ2v) is 10.1. The number of ether oxygens (including phenoxy) is 2. The molecule has 0 aliphatic rings. The lowest BCUT2D eigenvalue weighted by Crippen LogP contribution is -2.17. The van der Waals surface area contributed by atoms with Gasteiger partial charge in [0.15, 0.2) is 18.1 Å². The molecule has 1 amide bonds.